The zero-order valence-corrected chi connectivity index (χ0v) is 12.4. The van der Waals surface area contributed by atoms with Gasteiger partial charge in [0.05, 0.1) is 19.3 Å². The van der Waals surface area contributed by atoms with Crippen molar-refractivity contribution in [3.8, 4) is 5.75 Å². The molecule has 6 nitrogen and oxygen atoms in total. The van der Waals surface area contributed by atoms with Gasteiger partial charge in [0.15, 0.2) is 0 Å². The number of methoxy groups -OCH3 is 1. The molecule has 2 N–H and O–H groups in total. The molecule has 1 aromatic rings. The Morgan fingerprint density at radius 3 is 2.67 bits per heavy atom. The molecule has 0 aromatic heterocycles. The molecule has 1 saturated heterocycles. The van der Waals surface area contributed by atoms with Crippen molar-refractivity contribution in [2.24, 2.45) is 0 Å². The average molecular weight is 291 g/mol. The van der Waals surface area contributed by atoms with Gasteiger partial charge in [-0.25, -0.2) is 4.79 Å². The quantitative estimate of drug-likeness (QED) is 0.888. The first-order chi connectivity index (χ1) is 10.1. The Labute approximate surface area is 124 Å². The van der Waals surface area contributed by atoms with E-state index < -0.39 is 6.03 Å². The fraction of sp³-hybridized carbons (Fsp3) is 0.467. The van der Waals surface area contributed by atoms with Crippen LogP contribution in [-0.2, 0) is 4.79 Å². The largest absolute Gasteiger partial charge is 0.495 e. The van der Waals surface area contributed by atoms with Gasteiger partial charge in [-0.15, -0.1) is 0 Å². The van der Waals surface area contributed by atoms with Crippen molar-refractivity contribution in [2.45, 2.75) is 19.8 Å². The van der Waals surface area contributed by atoms with Gasteiger partial charge in [-0.05, 0) is 37.5 Å². The van der Waals surface area contributed by atoms with Crippen molar-refractivity contribution < 1.29 is 14.3 Å². The van der Waals surface area contributed by atoms with Gasteiger partial charge >= 0.3 is 6.03 Å². The number of rotatable bonds is 4. The Hall–Kier alpha value is -2.24. The summed E-state index contributed by atoms with van der Waals surface area (Å²) in [5.41, 5.74) is 1.62. The molecule has 1 heterocycles. The van der Waals surface area contributed by atoms with Crippen molar-refractivity contribution in [3.05, 3.63) is 23.8 Å². The minimum Gasteiger partial charge on any atom is -0.495 e. The third kappa shape index (κ3) is 4.11. The van der Waals surface area contributed by atoms with Crippen LogP contribution in [0.5, 0.6) is 5.75 Å². The second-order valence-electron chi connectivity index (χ2n) is 5.10. The van der Waals surface area contributed by atoms with E-state index in [4.69, 9.17) is 4.74 Å². The summed E-state index contributed by atoms with van der Waals surface area (Å²) < 4.78 is 5.22. The normalized spacial score (nSPS) is 13.9. The Kier molecular flexibility index (Phi) is 5.03. The Morgan fingerprint density at radius 2 is 2.00 bits per heavy atom. The zero-order chi connectivity index (χ0) is 15.2. The van der Waals surface area contributed by atoms with Gasteiger partial charge in [-0.2, -0.15) is 0 Å². The second-order valence-corrected chi connectivity index (χ2v) is 5.10. The summed E-state index contributed by atoms with van der Waals surface area (Å²) in [4.78, 5) is 25.4. The van der Waals surface area contributed by atoms with Crippen LogP contribution in [0.25, 0.3) is 0 Å². The molecule has 114 valence electrons. The molecule has 21 heavy (non-hydrogen) atoms. The summed E-state index contributed by atoms with van der Waals surface area (Å²) >= 11 is 0. The number of nitrogens with zero attached hydrogens (tertiary/aromatic N) is 1. The van der Waals surface area contributed by atoms with E-state index >= 15 is 0 Å². The van der Waals surface area contributed by atoms with Crippen LogP contribution in [0, 0.1) is 6.92 Å². The number of carbonyl (C=O) groups is 2. The number of amides is 3. The number of ether oxygens (including phenoxy) is 1. The van der Waals surface area contributed by atoms with Crippen LogP contribution in [0.4, 0.5) is 10.5 Å². The molecule has 0 saturated carbocycles. The number of hydrogen-bond acceptors (Lipinski definition) is 3. The molecule has 0 unspecified atom stereocenters. The first-order valence-corrected chi connectivity index (χ1v) is 7.07. The van der Waals surface area contributed by atoms with E-state index in [0.29, 0.717) is 11.4 Å². The number of anilines is 1. The minimum absolute atomic E-state index is 0.0139. The summed E-state index contributed by atoms with van der Waals surface area (Å²) in [6.45, 7) is 3.53. The van der Waals surface area contributed by atoms with E-state index in [2.05, 4.69) is 10.6 Å². The smallest absolute Gasteiger partial charge is 0.319 e. The summed E-state index contributed by atoms with van der Waals surface area (Å²) in [6.07, 6.45) is 2.08. The van der Waals surface area contributed by atoms with E-state index in [1.165, 1.54) is 0 Å². The standard InChI is InChI=1S/C15H21N3O3/c1-11-5-6-12(13(9-11)21-2)17-15(20)16-10-14(19)18-7-3-4-8-18/h5-6,9H,3-4,7-8,10H2,1-2H3,(H2,16,17,20). The van der Waals surface area contributed by atoms with Gasteiger partial charge in [-0.3, -0.25) is 4.79 Å². The van der Waals surface area contributed by atoms with Gasteiger partial charge in [-0.1, -0.05) is 6.07 Å². The summed E-state index contributed by atoms with van der Waals surface area (Å²) in [5.74, 6) is 0.551. The maximum absolute atomic E-state index is 11.8. The van der Waals surface area contributed by atoms with E-state index in [1.54, 1.807) is 18.1 Å². The summed E-state index contributed by atoms with van der Waals surface area (Å²) in [6, 6.07) is 5.08. The molecule has 3 amide bonds. The van der Waals surface area contributed by atoms with Gasteiger partial charge in [0.1, 0.15) is 5.75 Å². The fourth-order valence-electron chi connectivity index (χ4n) is 2.30. The molecule has 2 rings (SSSR count). The molecular formula is C15H21N3O3. The molecule has 0 aliphatic carbocycles. The number of hydrogen-bond donors (Lipinski definition) is 2. The Bertz CT molecular complexity index is 525. The topological polar surface area (TPSA) is 70.7 Å². The Morgan fingerprint density at radius 1 is 1.29 bits per heavy atom. The van der Waals surface area contributed by atoms with E-state index in [1.807, 2.05) is 19.1 Å². The SMILES string of the molecule is COc1cc(C)ccc1NC(=O)NCC(=O)N1CCCC1. The summed E-state index contributed by atoms with van der Waals surface area (Å²) in [5, 5.41) is 5.27. The first kappa shape index (κ1) is 15.2. The molecule has 0 spiro atoms. The third-order valence-corrected chi connectivity index (χ3v) is 3.46. The van der Waals surface area contributed by atoms with Crippen molar-refractivity contribution in [1.29, 1.82) is 0 Å². The molecule has 1 aromatic carbocycles. The van der Waals surface area contributed by atoms with Crippen LogP contribution in [0.15, 0.2) is 18.2 Å². The highest BCUT2D eigenvalue weighted by Gasteiger charge is 2.18. The number of benzene rings is 1. The van der Waals surface area contributed by atoms with Crippen LogP contribution in [0.2, 0.25) is 0 Å². The van der Waals surface area contributed by atoms with Crippen LogP contribution in [0.3, 0.4) is 0 Å². The van der Waals surface area contributed by atoms with Gasteiger partial charge in [0.25, 0.3) is 0 Å². The van der Waals surface area contributed by atoms with Crippen molar-refractivity contribution in [2.75, 3.05) is 32.1 Å². The maximum Gasteiger partial charge on any atom is 0.319 e. The van der Waals surface area contributed by atoms with Gasteiger partial charge in [0.2, 0.25) is 5.91 Å². The van der Waals surface area contributed by atoms with Gasteiger partial charge < -0.3 is 20.3 Å². The predicted molar refractivity (Wildman–Crippen MR) is 80.6 cm³/mol. The monoisotopic (exact) mass is 291 g/mol. The number of aryl methyl sites for hydroxylation is 1. The number of carbonyl (C=O) groups excluding carboxylic acids is 2. The highest BCUT2D eigenvalue weighted by atomic mass is 16.5. The lowest BCUT2D eigenvalue weighted by molar-refractivity contribution is -0.128. The number of nitrogens with one attached hydrogen (secondary N) is 2. The van der Waals surface area contributed by atoms with E-state index in [0.717, 1.165) is 31.5 Å². The van der Waals surface area contributed by atoms with Gasteiger partial charge in [0, 0.05) is 13.1 Å². The molecule has 1 aliphatic rings. The predicted octanol–water partition coefficient (Wildman–Crippen LogP) is 1.75. The van der Waals surface area contributed by atoms with Crippen molar-refractivity contribution in [1.82, 2.24) is 10.2 Å². The van der Waals surface area contributed by atoms with Crippen LogP contribution in [-0.4, -0.2) is 43.6 Å². The maximum atomic E-state index is 11.8. The number of likely N-dealkylation sites (tertiary alicyclic amines) is 1. The lowest BCUT2D eigenvalue weighted by atomic mass is 10.2. The molecular weight excluding hydrogens is 270 g/mol. The third-order valence-electron chi connectivity index (χ3n) is 3.46. The van der Waals surface area contributed by atoms with Crippen LogP contribution in [0.1, 0.15) is 18.4 Å². The average Bonchev–Trinajstić information content (AvgIpc) is 3.01. The molecule has 1 fully saturated rings. The Balaban J connectivity index is 1.85. The first-order valence-electron chi connectivity index (χ1n) is 7.07. The molecule has 1 aliphatic heterocycles. The lowest BCUT2D eigenvalue weighted by Gasteiger charge is -2.16. The van der Waals surface area contributed by atoms with E-state index in [9.17, 15) is 9.59 Å². The molecule has 0 radical (unpaired) electrons. The molecule has 6 heteroatoms. The molecule has 0 atom stereocenters. The highest BCUT2D eigenvalue weighted by Crippen LogP contribution is 2.24. The number of urea groups is 1. The van der Waals surface area contributed by atoms with Crippen molar-refractivity contribution >= 4 is 17.6 Å². The van der Waals surface area contributed by atoms with Crippen LogP contribution < -0.4 is 15.4 Å². The second kappa shape index (κ2) is 6.97. The van der Waals surface area contributed by atoms with E-state index in [-0.39, 0.29) is 12.5 Å². The minimum atomic E-state index is -0.412. The fourth-order valence-corrected chi connectivity index (χ4v) is 2.30. The lowest BCUT2D eigenvalue weighted by Crippen LogP contribution is -2.40. The van der Waals surface area contributed by atoms with Crippen molar-refractivity contribution in [3.63, 3.8) is 0 Å². The zero-order valence-electron chi connectivity index (χ0n) is 12.4. The highest BCUT2D eigenvalue weighted by molar-refractivity contribution is 5.93. The molecule has 0 bridgehead atoms. The summed E-state index contributed by atoms with van der Waals surface area (Å²) in [7, 11) is 1.55. The van der Waals surface area contributed by atoms with Crippen LogP contribution >= 0.6 is 0 Å².